The number of ether oxygens (including phenoxy) is 1. The van der Waals surface area contributed by atoms with Gasteiger partial charge in [0.25, 0.3) is 5.69 Å². The highest BCUT2D eigenvalue weighted by atomic mass is 32.2. The Labute approximate surface area is 150 Å². The van der Waals surface area contributed by atoms with Gasteiger partial charge in [-0.3, -0.25) is 10.1 Å². The third kappa shape index (κ3) is 3.20. The standard InChI is InChI=1S/C18H16FNO5S/c1-2-3-4-17-18(12-5-7-13(19)8-6-12)25-15-11-14(20(21)22)9-10-16(15)26(17,23)24/h5-11H,2-4H2,1H3. The minimum Gasteiger partial charge on any atom is -0.454 e. The van der Waals surface area contributed by atoms with Gasteiger partial charge in [-0.1, -0.05) is 13.3 Å². The summed E-state index contributed by atoms with van der Waals surface area (Å²) in [5, 5.41) is 11.0. The molecule has 0 radical (unpaired) electrons. The van der Waals surface area contributed by atoms with Crippen LogP contribution in [-0.4, -0.2) is 13.3 Å². The van der Waals surface area contributed by atoms with Crippen molar-refractivity contribution in [2.45, 2.75) is 31.1 Å². The summed E-state index contributed by atoms with van der Waals surface area (Å²) in [4.78, 5) is 10.4. The predicted octanol–water partition coefficient (Wildman–Crippen LogP) is 4.46. The summed E-state index contributed by atoms with van der Waals surface area (Å²) in [6, 6.07) is 8.68. The molecule has 8 heteroatoms. The molecule has 0 spiro atoms. The molecule has 2 aromatic carbocycles. The van der Waals surface area contributed by atoms with Crippen LogP contribution in [0, 0.1) is 15.9 Å². The molecule has 0 fully saturated rings. The second-order valence-corrected chi connectivity index (χ2v) is 7.80. The molecule has 1 heterocycles. The molecule has 0 atom stereocenters. The van der Waals surface area contributed by atoms with Crippen LogP contribution in [0.2, 0.25) is 0 Å². The number of fused-ring (bicyclic) bond motifs is 1. The molecule has 0 aromatic heterocycles. The van der Waals surface area contributed by atoms with E-state index in [9.17, 15) is 22.9 Å². The van der Waals surface area contributed by atoms with E-state index in [2.05, 4.69) is 0 Å². The normalized spacial score (nSPS) is 15.3. The van der Waals surface area contributed by atoms with Gasteiger partial charge in [-0.2, -0.15) is 0 Å². The van der Waals surface area contributed by atoms with Crippen molar-refractivity contribution in [1.82, 2.24) is 0 Å². The molecule has 1 aliphatic heterocycles. The number of nitrogens with zero attached hydrogens (tertiary/aromatic N) is 1. The lowest BCUT2D eigenvalue weighted by Gasteiger charge is -2.23. The fourth-order valence-electron chi connectivity index (χ4n) is 2.74. The maximum Gasteiger partial charge on any atom is 0.273 e. The highest BCUT2D eigenvalue weighted by Crippen LogP contribution is 2.43. The minimum absolute atomic E-state index is 0.0893. The van der Waals surface area contributed by atoms with Gasteiger partial charge in [-0.15, -0.1) is 0 Å². The lowest BCUT2D eigenvalue weighted by Crippen LogP contribution is -2.17. The molecule has 2 aromatic rings. The van der Waals surface area contributed by atoms with Crippen LogP contribution in [0.5, 0.6) is 5.75 Å². The Bertz CT molecular complexity index is 997. The van der Waals surface area contributed by atoms with Crippen LogP contribution >= 0.6 is 0 Å². The Morgan fingerprint density at radius 3 is 2.46 bits per heavy atom. The highest BCUT2D eigenvalue weighted by Gasteiger charge is 2.35. The molecule has 0 saturated carbocycles. The molecule has 1 aliphatic rings. The first-order valence-electron chi connectivity index (χ1n) is 8.05. The van der Waals surface area contributed by atoms with Crippen LogP contribution in [0.1, 0.15) is 31.7 Å². The number of sulfone groups is 1. The molecule has 0 unspecified atom stereocenters. The maximum atomic E-state index is 13.2. The third-order valence-corrected chi connectivity index (χ3v) is 6.04. The van der Waals surface area contributed by atoms with Gasteiger partial charge in [0.2, 0.25) is 9.84 Å². The Morgan fingerprint density at radius 1 is 1.15 bits per heavy atom. The zero-order chi connectivity index (χ0) is 18.9. The Hall–Kier alpha value is -2.74. The molecule has 26 heavy (non-hydrogen) atoms. The summed E-state index contributed by atoms with van der Waals surface area (Å²) in [5.74, 6) is -0.468. The van der Waals surface area contributed by atoms with E-state index in [0.717, 1.165) is 18.6 Å². The number of hydrogen-bond donors (Lipinski definition) is 0. The number of hydrogen-bond acceptors (Lipinski definition) is 5. The van der Waals surface area contributed by atoms with Gasteiger partial charge in [0.05, 0.1) is 15.9 Å². The molecule has 0 bridgehead atoms. The van der Waals surface area contributed by atoms with Crippen molar-refractivity contribution in [3.63, 3.8) is 0 Å². The lowest BCUT2D eigenvalue weighted by atomic mass is 10.1. The number of non-ortho nitro benzene ring substituents is 1. The van der Waals surface area contributed by atoms with E-state index in [-0.39, 0.29) is 33.4 Å². The van der Waals surface area contributed by atoms with E-state index in [1.165, 1.54) is 30.3 Å². The number of allylic oxidation sites excluding steroid dienone is 1. The molecule has 0 saturated heterocycles. The second kappa shape index (κ2) is 6.87. The van der Waals surface area contributed by atoms with Crippen molar-refractivity contribution in [2.75, 3.05) is 0 Å². The summed E-state index contributed by atoms with van der Waals surface area (Å²) in [5.41, 5.74) is 0.132. The van der Waals surface area contributed by atoms with E-state index >= 15 is 0 Å². The maximum absolute atomic E-state index is 13.2. The summed E-state index contributed by atoms with van der Waals surface area (Å²) in [6.07, 6.45) is 1.68. The van der Waals surface area contributed by atoms with Crippen molar-refractivity contribution >= 4 is 21.3 Å². The molecule has 0 N–H and O–H groups in total. The fraction of sp³-hybridized carbons (Fsp3) is 0.222. The predicted molar refractivity (Wildman–Crippen MR) is 93.8 cm³/mol. The monoisotopic (exact) mass is 377 g/mol. The quantitative estimate of drug-likeness (QED) is 0.567. The average Bonchev–Trinajstić information content (AvgIpc) is 2.60. The highest BCUT2D eigenvalue weighted by molar-refractivity contribution is 7.95. The number of nitro groups is 1. The third-order valence-electron chi connectivity index (χ3n) is 4.08. The molecule has 136 valence electrons. The minimum atomic E-state index is -3.87. The first-order chi connectivity index (χ1) is 12.3. The topological polar surface area (TPSA) is 86.5 Å². The zero-order valence-corrected chi connectivity index (χ0v) is 14.8. The lowest BCUT2D eigenvalue weighted by molar-refractivity contribution is -0.385. The van der Waals surface area contributed by atoms with E-state index in [0.29, 0.717) is 12.0 Å². The molecule has 0 aliphatic carbocycles. The van der Waals surface area contributed by atoms with Crippen molar-refractivity contribution in [3.05, 3.63) is 68.9 Å². The fourth-order valence-corrected chi connectivity index (χ4v) is 4.43. The Kier molecular flexibility index (Phi) is 4.78. The molecule has 3 rings (SSSR count). The number of unbranched alkanes of at least 4 members (excludes halogenated alkanes) is 1. The summed E-state index contributed by atoms with van der Waals surface area (Å²) >= 11 is 0. The van der Waals surface area contributed by atoms with Gasteiger partial charge < -0.3 is 4.74 Å². The number of rotatable bonds is 5. The van der Waals surface area contributed by atoms with Crippen molar-refractivity contribution in [3.8, 4) is 5.75 Å². The molecular weight excluding hydrogens is 361 g/mol. The van der Waals surface area contributed by atoms with E-state index in [1.54, 1.807) is 0 Å². The molecular formula is C18H16FNO5S. The van der Waals surface area contributed by atoms with Crippen LogP contribution in [0.25, 0.3) is 5.76 Å². The first kappa shape index (κ1) is 18.1. The summed E-state index contributed by atoms with van der Waals surface area (Å²) in [6.45, 7) is 1.94. The molecule has 0 amide bonds. The van der Waals surface area contributed by atoms with Crippen LogP contribution < -0.4 is 4.74 Å². The summed E-state index contributed by atoms with van der Waals surface area (Å²) < 4.78 is 45.1. The van der Waals surface area contributed by atoms with Crippen molar-refractivity contribution in [2.24, 2.45) is 0 Å². The van der Waals surface area contributed by atoms with Gasteiger partial charge in [-0.25, -0.2) is 12.8 Å². The van der Waals surface area contributed by atoms with Crippen LogP contribution in [-0.2, 0) is 9.84 Å². The van der Waals surface area contributed by atoms with Crippen molar-refractivity contribution < 1.29 is 22.5 Å². The summed E-state index contributed by atoms with van der Waals surface area (Å²) in [7, 11) is -3.87. The van der Waals surface area contributed by atoms with Gasteiger partial charge in [0.15, 0.2) is 5.75 Å². The number of benzene rings is 2. The van der Waals surface area contributed by atoms with Gasteiger partial charge in [0, 0.05) is 11.6 Å². The van der Waals surface area contributed by atoms with Crippen LogP contribution in [0.3, 0.4) is 0 Å². The number of halogens is 1. The zero-order valence-electron chi connectivity index (χ0n) is 13.9. The van der Waals surface area contributed by atoms with Gasteiger partial charge in [0.1, 0.15) is 16.5 Å². The second-order valence-electron chi connectivity index (χ2n) is 5.86. The average molecular weight is 377 g/mol. The van der Waals surface area contributed by atoms with E-state index in [4.69, 9.17) is 4.74 Å². The Morgan fingerprint density at radius 2 is 1.85 bits per heavy atom. The Balaban J connectivity index is 2.20. The van der Waals surface area contributed by atoms with Crippen LogP contribution in [0.15, 0.2) is 52.3 Å². The smallest absolute Gasteiger partial charge is 0.273 e. The number of nitro benzene ring substituents is 1. The van der Waals surface area contributed by atoms with Gasteiger partial charge >= 0.3 is 0 Å². The van der Waals surface area contributed by atoms with E-state index in [1.807, 2.05) is 6.92 Å². The van der Waals surface area contributed by atoms with Crippen LogP contribution in [0.4, 0.5) is 10.1 Å². The van der Waals surface area contributed by atoms with E-state index < -0.39 is 20.6 Å². The van der Waals surface area contributed by atoms with Gasteiger partial charge in [-0.05, 0) is 43.2 Å². The largest absolute Gasteiger partial charge is 0.454 e. The molecule has 6 nitrogen and oxygen atoms in total. The van der Waals surface area contributed by atoms with Crippen molar-refractivity contribution in [1.29, 1.82) is 0 Å². The first-order valence-corrected chi connectivity index (χ1v) is 9.53. The SMILES string of the molecule is CCCCC1=C(c2ccc(F)cc2)Oc2cc([N+](=O)[O-])ccc2S1(=O)=O.